The first-order valence-electron chi connectivity index (χ1n) is 8.66. The smallest absolute Gasteiger partial charge is 0.409 e. The Balaban J connectivity index is 0.00000338. The molecule has 6 nitrogen and oxygen atoms in total. The van der Waals surface area contributed by atoms with Crippen LogP contribution in [0.4, 0.5) is 4.79 Å². The van der Waals surface area contributed by atoms with Gasteiger partial charge in [0.2, 0.25) is 0 Å². The number of amides is 1. The molecule has 1 heterocycles. The summed E-state index contributed by atoms with van der Waals surface area (Å²) >= 11 is 3.49. The molecule has 1 aromatic carbocycles. The summed E-state index contributed by atoms with van der Waals surface area (Å²) in [6.07, 6.45) is 1.53. The van der Waals surface area contributed by atoms with Crippen LogP contribution >= 0.6 is 39.9 Å². The third-order valence-corrected chi connectivity index (χ3v) is 4.82. The SMILES string of the molecule is CCNC(=NCc1ccc(Br)cc1C)NC1CCN(C(=O)OC)CC1.I. The predicted octanol–water partition coefficient (Wildman–Crippen LogP) is 3.66. The summed E-state index contributed by atoms with van der Waals surface area (Å²) in [5, 5.41) is 6.79. The number of carbonyl (C=O) groups is 1. The minimum atomic E-state index is -0.246. The number of benzene rings is 1. The molecule has 8 heteroatoms. The highest BCUT2D eigenvalue weighted by Gasteiger charge is 2.23. The summed E-state index contributed by atoms with van der Waals surface area (Å²) in [5.74, 6) is 0.821. The van der Waals surface area contributed by atoms with Gasteiger partial charge in [0, 0.05) is 30.1 Å². The van der Waals surface area contributed by atoms with Crippen LogP contribution in [0.5, 0.6) is 0 Å². The standard InChI is InChI=1S/C18H27BrN4O2.HI/c1-4-20-17(21-12-14-5-6-15(19)11-13(14)2)22-16-7-9-23(10-8-16)18(24)25-3;/h5-6,11,16H,4,7-10,12H2,1-3H3,(H2,20,21,22);1H. The van der Waals surface area contributed by atoms with Crippen molar-refractivity contribution < 1.29 is 9.53 Å². The topological polar surface area (TPSA) is 66.0 Å². The monoisotopic (exact) mass is 538 g/mol. The number of aryl methyl sites for hydroxylation is 1. The van der Waals surface area contributed by atoms with Crippen molar-refractivity contribution in [1.82, 2.24) is 15.5 Å². The minimum absolute atomic E-state index is 0. The van der Waals surface area contributed by atoms with Crippen LogP contribution in [0.15, 0.2) is 27.7 Å². The highest BCUT2D eigenvalue weighted by atomic mass is 127. The van der Waals surface area contributed by atoms with Crippen molar-refractivity contribution in [2.45, 2.75) is 39.3 Å². The molecule has 1 aromatic rings. The molecule has 1 saturated heterocycles. The van der Waals surface area contributed by atoms with Gasteiger partial charge in [-0.25, -0.2) is 9.79 Å². The van der Waals surface area contributed by atoms with Crippen LogP contribution in [0, 0.1) is 6.92 Å². The van der Waals surface area contributed by atoms with E-state index < -0.39 is 0 Å². The van der Waals surface area contributed by atoms with Crippen LogP contribution in [-0.2, 0) is 11.3 Å². The van der Waals surface area contributed by atoms with Crippen molar-refractivity contribution in [2.24, 2.45) is 4.99 Å². The van der Waals surface area contributed by atoms with E-state index in [4.69, 9.17) is 9.73 Å². The van der Waals surface area contributed by atoms with Crippen molar-refractivity contribution in [1.29, 1.82) is 0 Å². The maximum absolute atomic E-state index is 11.6. The first kappa shape index (κ1) is 23.0. The van der Waals surface area contributed by atoms with Crippen LogP contribution in [0.1, 0.15) is 30.9 Å². The summed E-state index contributed by atoms with van der Waals surface area (Å²) in [6.45, 7) is 7.01. The Labute approximate surface area is 181 Å². The predicted molar refractivity (Wildman–Crippen MR) is 119 cm³/mol. The van der Waals surface area contributed by atoms with E-state index in [-0.39, 0.29) is 30.1 Å². The number of hydrogen-bond acceptors (Lipinski definition) is 3. The number of nitrogens with one attached hydrogen (secondary N) is 2. The number of aliphatic imine (C=N–C) groups is 1. The van der Waals surface area contributed by atoms with Gasteiger partial charge < -0.3 is 20.3 Å². The summed E-state index contributed by atoms with van der Waals surface area (Å²) in [4.78, 5) is 18.0. The zero-order chi connectivity index (χ0) is 18.2. The Kier molecular flexibility index (Phi) is 10.3. The number of rotatable bonds is 4. The van der Waals surface area contributed by atoms with Crippen molar-refractivity contribution in [3.05, 3.63) is 33.8 Å². The van der Waals surface area contributed by atoms with Crippen LogP contribution in [0.25, 0.3) is 0 Å². The lowest BCUT2D eigenvalue weighted by atomic mass is 10.1. The molecular weight excluding hydrogens is 511 g/mol. The second-order valence-corrected chi connectivity index (χ2v) is 7.06. The zero-order valence-corrected chi connectivity index (χ0v) is 19.5. The van der Waals surface area contributed by atoms with Crippen LogP contribution < -0.4 is 10.6 Å². The minimum Gasteiger partial charge on any atom is -0.453 e. The Morgan fingerprint density at radius 3 is 2.65 bits per heavy atom. The highest BCUT2D eigenvalue weighted by molar-refractivity contribution is 14.0. The average Bonchev–Trinajstić information content (AvgIpc) is 2.61. The van der Waals surface area contributed by atoms with Crippen LogP contribution in [0.3, 0.4) is 0 Å². The van der Waals surface area contributed by atoms with E-state index in [1.807, 2.05) is 6.07 Å². The highest BCUT2D eigenvalue weighted by Crippen LogP contribution is 2.16. The molecule has 1 fully saturated rings. The van der Waals surface area contributed by atoms with E-state index in [1.54, 1.807) is 4.90 Å². The second kappa shape index (κ2) is 11.6. The number of likely N-dealkylation sites (tertiary alicyclic amines) is 1. The van der Waals surface area contributed by atoms with Gasteiger partial charge in [0.1, 0.15) is 0 Å². The fraction of sp³-hybridized carbons (Fsp3) is 0.556. The van der Waals surface area contributed by atoms with Gasteiger partial charge in [0.05, 0.1) is 13.7 Å². The van der Waals surface area contributed by atoms with Gasteiger partial charge in [-0.1, -0.05) is 22.0 Å². The van der Waals surface area contributed by atoms with E-state index in [2.05, 4.69) is 52.5 Å². The fourth-order valence-corrected chi connectivity index (χ4v) is 3.33. The van der Waals surface area contributed by atoms with Gasteiger partial charge in [0.15, 0.2) is 5.96 Å². The molecule has 2 N–H and O–H groups in total. The molecule has 26 heavy (non-hydrogen) atoms. The molecule has 146 valence electrons. The lowest BCUT2D eigenvalue weighted by Crippen LogP contribution is -2.49. The number of halogens is 2. The molecule has 2 rings (SSSR count). The molecule has 0 bridgehead atoms. The lowest BCUT2D eigenvalue weighted by Gasteiger charge is -2.32. The van der Waals surface area contributed by atoms with E-state index in [9.17, 15) is 4.79 Å². The quantitative estimate of drug-likeness (QED) is 0.349. The zero-order valence-electron chi connectivity index (χ0n) is 15.5. The van der Waals surface area contributed by atoms with Crippen LogP contribution in [0.2, 0.25) is 0 Å². The number of carbonyl (C=O) groups excluding carboxylic acids is 1. The molecule has 0 radical (unpaired) electrons. The molecule has 0 aromatic heterocycles. The first-order valence-corrected chi connectivity index (χ1v) is 9.45. The summed E-state index contributed by atoms with van der Waals surface area (Å²) in [6, 6.07) is 6.56. The number of piperidine rings is 1. The molecule has 0 spiro atoms. The molecule has 0 saturated carbocycles. The third-order valence-electron chi connectivity index (χ3n) is 4.32. The van der Waals surface area contributed by atoms with Gasteiger partial charge in [-0.3, -0.25) is 0 Å². The molecule has 0 aliphatic carbocycles. The summed E-state index contributed by atoms with van der Waals surface area (Å²) in [7, 11) is 1.42. The number of methoxy groups -OCH3 is 1. The Bertz CT molecular complexity index is 619. The summed E-state index contributed by atoms with van der Waals surface area (Å²) < 4.78 is 5.86. The Morgan fingerprint density at radius 2 is 2.08 bits per heavy atom. The normalized spacial score (nSPS) is 15.2. The molecular formula is C18H28BrIN4O2. The molecule has 1 amide bonds. The van der Waals surface area contributed by atoms with E-state index in [0.29, 0.717) is 25.7 Å². The van der Waals surface area contributed by atoms with Gasteiger partial charge in [-0.05, 0) is 49.9 Å². The summed E-state index contributed by atoms with van der Waals surface area (Å²) in [5.41, 5.74) is 2.43. The van der Waals surface area contributed by atoms with E-state index >= 15 is 0 Å². The average molecular weight is 539 g/mol. The van der Waals surface area contributed by atoms with Gasteiger partial charge in [-0.2, -0.15) is 0 Å². The third kappa shape index (κ3) is 6.94. The first-order chi connectivity index (χ1) is 12.0. The van der Waals surface area contributed by atoms with Crippen molar-refractivity contribution in [3.8, 4) is 0 Å². The van der Waals surface area contributed by atoms with E-state index in [1.165, 1.54) is 18.2 Å². The van der Waals surface area contributed by atoms with E-state index in [0.717, 1.165) is 29.8 Å². The molecule has 0 atom stereocenters. The van der Waals surface area contributed by atoms with Gasteiger partial charge in [0.25, 0.3) is 0 Å². The second-order valence-electron chi connectivity index (χ2n) is 6.14. The maximum Gasteiger partial charge on any atom is 0.409 e. The van der Waals surface area contributed by atoms with Gasteiger partial charge >= 0.3 is 6.09 Å². The number of hydrogen-bond donors (Lipinski definition) is 2. The lowest BCUT2D eigenvalue weighted by molar-refractivity contribution is 0.111. The number of nitrogens with zero attached hydrogens (tertiary/aromatic N) is 2. The fourth-order valence-electron chi connectivity index (χ4n) is 2.85. The molecule has 1 aliphatic heterocycles. The van der Waals surface area contributed by atoms with Crippen molar-refractivity contribution >= 4 is 52.0 Å². The Hall–Kier alpha value is -1.03. The number of guanidine groups is 1. The van der Waals surface area contributed by atoms with Crippen molar-refractivity contribution in [3.63, 3.8) is 0 Å². The van der Waals surface area contributed by atoms with Crippen molar-refractivity contribution in [2.75, 3.05) is 26.7 Å². The maximum atomic E-state index is 11.6. The van der Waals surface area contributed by atoms with Gasteiger partial charge in [-0.15, -0.1) is 24.0 Å². The number of ether oxygens (including phenoxy) is 1. The Morgan fingerprint density at radius 1 is 1.38 bits per heavy atom. The molecule has 0 unspecified atom stereocenters. The largest absolute Gasteiger partial charge is 0.453 e. The van der Waals surface area contributed by atoms with Crippen LogP contribution in [-0.4, -0.2) is 49.7 Å². The molecule has 1 aliphatic rings.